The Morgan fingerprint density at radius 1 is 1.25 bits per heavy atom. The van der Waals surface area contributed by atoms with Crippen LogP contribution in [0.5, 0.6) is 0 Å². The Hall–Kier alpha value is -2.18. The fourth-order valence-corrected chi connectivity index (χ4v) is 3.38. The highest BCUT2D eigenvalue weighted by Crippen LogP contribution is 2.20. The van der Waals surface area contributed by atoms with Gasteiger partial charge in [0.25, 0.3) is 5.91 Å². The molecule has 0 spiro atoms. The predicted octanol–water partition coefficient (Wildman–Crippen LogP) is 3.69. The SMILES string of the molecule is CCN(CC)CCn1c(NC(=O)c2ccsc2)nc2ccccc21. The minimum Gasteiger partial charge on any atom is -0.309 e. The molecule has 0 atom stereocenters. The molecular weight excluding hydrogens is 320 g/mol. The van der Waals surface area contributed by atoms with Crippen LogP contribution in [-0.4, -0.2) is 40.0 Å². The van der Waals surface area contributed by atoms with Crippen molar-refractivity contribution in [3.8, 4) is 0 Å². The lowest BCUT2D eigenvalue weighted by Crippen LogP contribution is -2.27. The van der Waals surface area contributed by atoms with Crippen LogP contribution in [-0.2, 0) is 6.54 Å². The summed E-state index contributed by atoms with van der Waals surface area (Å²) in [6.07, 6.45) is 0. The van der Waals surface area contributed by atoms with Gasteiger partial charge in [-0.1, -0.05) is 26.0 Å². The second-order valence-corrected chi connectivity index (χ2v) is 6.35. The van der Waals surface area contributed by atoms with Gasteiger partial charge in [0.05, 0.1) is 16.6 Å². The second-order valence-electron chi connectivity index (χ2n) is 5.57. The first-order valence-corrected chi connectivity index (χ1v) is 9.18. The number of carbonyl (C=O) groups is 1. The molecule has 5 nitrogen and oxygen atoms in total. The molecule has 0 aliphatic carbocycles. The van der Waals surface area contributed by atoms with Crippen molar-refractivity contribution < 1.29 is 4.79 Å². The molecule has 0 saturated heterocycles. The van der Waals surface area contributed by atoms with E-state index in [1.54, 1.807) is 0 Å². The first-order valence-electron chi connectivity index (χ1n) is 8.24. The zero-order chi connectivity index (χ0) is 16.9. The summed E-state index contributed by atoms with van der Waals surface area (Å²) in [6.45, 7) is 8.07. The number of hydrogen-bond acceptors (Lipinski definition) is 4. The first-order chi connectivity index (χ1) is 11.7. The number of para-hydroxylation sites is 2. The highest BCUT2D eigenvalue weighted by atomic mass is 32.1. The van der Waals surface area contributed by atoms with E-state index in [9.17, 15) is 4.79 Å². The Bertz CT molecular complexity index is 806. The maximum atomic E-state index is 12.4. The Kier molecular flexibility index (Phi) is 5.27. The molecule has 0 saturated carbocycles. The van der Waals surface area contributed by atoms with E-state index in [0.29, 0.717) is 11.5 Å². The number of hydrogen-bond donors (Lipinski definition) is 1. The minimum absolute atomic E-state index is 0.115. The lowest BCUT2D eigenvalue weighted by atomic mass is 10.3. The van der Waals surface area contributed by atoms with Gasteiger partial charge in [0.1, 0.15) is 0 Å². The molecule has 6 heteroatoms. The summed E-state index contributed by atoms with van der Waals surface area (Å²) in [5.74, 6) is 0.496. The zero-order valence-electron chi connectivity index (χ0n) is 14.0. The number of likely N-dealkylation sites (N-methyl/N-ethyl adjacent to an activating group) is 1. The van der Waals surface area contributed by atoms with Gasteiger partial charge in [-0.15, -0.1) is 0 Å². The van der Waals surface area contributed by atoms with E-state index in [4.69, 9.17) is 0 Å². The molecule has 0 aliphatic rings. The summed E-state index contributed by atoms with van der Waals surface area (Å²) in [7, 11) is 0. The number of benzene rings is 1. The van der Waals surface area contributed by atoms with Crippen LogP contribution in [0.1, 0.15) is 24.2 Å². The van der Waals surface area contributed by atoms with Crippen molar-refractivity contribution in [1.29, 1.82) is 0 Å². The number of fused-ring (bicyclic) bond motifs is 1. The molecule has 1 amide bonds. The lowest BCUT2D eigenvalue weighted by molar-refractivity contribution is 0.102. The highest BCUT2D eigenvalue weighted by molar-refractivity contribution is 7.08. The summed E-state index contributed by atoms with van der Waals surface area (Å²) in [6, 6.07) is 9.81. The second kappa shape index (κ2) is 7.59. The van der Waals surface area contributed by atoms with Crippen molar-refractivity contribution in [2.45, 2.75) is 20.4 Å². The first kappa shape index (κ1) is 16.7. The maximum absolute atomic E-state index is 12.4. The molecule has 0 bridgehead atoms. The van der Waals surface area contributed by atoms with E-state index >= 15 is 0 Å². The molecule has 0 unspecified atom stereocenters. The normalized spacial score (nSPS) is 11.3. The molecule has 2 heterocycles. The number of aromatic nitrogens is 2. The van der Waals surface area contributed by atoms with Crippen LogP contribution in [0.15, 0.2) is 41.1 Å². The van der Waals surface area contributed by atoms with Crippen molar-refractivity contribution in [3.63, 3.8) is 0 Å². The standard InChI is InChI=1S/C18H22N4OS/c1-3-21(4-2)10-11-22-16-8-6-5-7-15(16)19-18(22)20-17(23)14-9-12-24-13-14/h5-9,12-13H,3-4,10-11H2,1-2H3,(H,19,20,23). The molecule has 126 valence electrons. The average molecular weight is 342 g/mol. The smallest absolute Gasteiger partial charge is 0.258 e. The number of thiophene rings is 1. The van der Waals surface area contributed by atoms with Gasteiger partial charge < -0.3 is 9.47 Å². The number of nitrogens with one attached hydrogen (secondary N) is 1. The van der Waals surface area contributed by atoms with Gasteiger partial charge in [-0.3, -0.25) is 10.1 Å². The predicted molar refractivity (Wildman–Crippen MR) is 99.8 cm³/mol. The minimum atomic E-state index is -0.115. The van der Waals surface area contributed by atoms with Crippen LogP contribution in [0.25, 0.3) is 11.0 Å². The third-order valence-corrected chi connectivity index (χ3v) is 4.88. The fourth-order valence-electron chi connectivity index (χ4n) is 2.75. The van der Waals surface area contributed by atoms with Crippen LogP contribution in [0.3, 0.4) is 0 Å². The van der Waals surface area contributed by atoms with Crippen LogP contribution in [0.4, 0.5) is 5.95 Å². The molecule has 3 rings (SSSR count). The van der Waals surface area contributed by atoms with Crippen LogP contribution in [0, 0.1) is 0 Å². The molecule has 3 aromatic rings. The van der Waals surface area contributed by atoms with E-state index in [-0.39, 0.29) is 5.91 Å². The average Bonchev–Trinajstić information content (AvgIpc) is 3.24. The molecule has 2 aromatic heterocycles. The number of imidazole rings is 1. The Morgan fingerprint density at radius 2 is 2.04 bits per heavy atom. The lowest BCUT2D eigenvalue weighted by Gasteiger charge is -2.19. The number of nitrogens with zero attached hydrogens (tertiary/aromatic N) is 3. The number of amides is 1. The maximum Gasteiger partial charge on any atom is 0.258 e. The largest absolute Gasteiger partial charge is 0.309 e. The van der Waals surface area contributed by atoms with Crippen LogP contribution >= 0.6 is 11.3 Å². The van der Waals surface area contributed by atoms with Crippen molar-refractivity contribution in [3.05, 3.63) is 46.7 Å². The van der Waals surface area contributed by atoms with E-state index in [1.807, 2.05) is 41.1 Å². The molecule has 0 fully saturated rings. The Labute approximate surface area is 145 Å². The van der Waals surface area contributed by atoms with Crippen LogP contribution < -0.4 is 5.32 Å². The van der Waals surface area contributed by atoms with Crippen molar-refractivity contribution in [1.82, 2.24) is 14.5 Å². The van der Waals surface area contributed by atoms with Gasteiger partial charge in [-0.2, -0.15) is 11.3 Å². The molecular formula is C18H22N4OS. The van der Waals surface area contributed by atoms with Crippen molar-refractivity contribution in [2.24, 2.45) is 0 Å². The number of anilines is 1. The number of carbonyl (C=O) groups excluding carboxylic acids is 1. The third-order valence-electron chi connectivity index (χ3n) is 4.20. The van der Waals surface area contributed by atoms with Crippen LogP contribution in [0.2, 0.25) is 0 Å². The summed E-state index contributed by atoms with van der Waals surface area (Å²) in [5.41, 5.74) is 2.62. The van der Waals surface area contributed by atoms with Gasteiger partial charge in [0, 0.05) is 18.5 Å². The Morgan fingerprint density at radius 3 is 2.75 bits per heavy atom. The van der Waals surface area contributed by atoms with E-state index in [0.717, 1.165) is 37.2 Å². The summed E-state index contributed by atoms with van der Waals surface area (Å²) < 4.78 is 2.10. The molecule has 24 heavy (non-hydrogen) atoms. The van der Waals surface area contributed by atoms with Gasteiger partial charge in [0.2, 0.25) is 5.95 Å². The van der Waals surface area contributed by atoms with E-state index in [1.165, 1.54) is 11.3 Å². The van der Waals surface area contributed by atoms with Gasteiger partial charge in [-0.25, -0.2) is 4.98 Å². The van der Waals surface area contributed by atoms with Gasteiger partial charge in [-0.05, 0) is 36.7 Å². The van der Waals surface area contributed by atoms with E-state index in [2.05, 4.69) is 33.6 Å². The molecule has 1 N–H and O–H groups in total. The third kappa shape index (κ3) is 3.49. The monoisotopic (exact) mass is 342 g/mol. The van der Waals surface area contributed by atoms with Gasteiger partial charge in [0.15, 0.2) is 0 Å². The Balaban J connectivity index is 1.88. The topological polar surface area (TPSA) is 50.2 Å². The molecule has 0 radical (unpaired) electrons. The zero-order valence-corrected chi connectivity index (χ0v) is 14.8. The summed E-state index contributed by atoms with van der Waals surface area (Å²) >= 11 is 1.51. The molecule has 1 aromatic carbocycles. The quantitative estimate of drug-likeness (QED) is 0.712. The summed E-state index contributed by atoms with van der Waals surface area (Å²) in [4.78, 5) is 19.4. The van der Waals surface area contributed by atoms with Crippen molar-refractivity contribution >= 4 is 34.2 Å². The highest BCUT2D eigenvalue weighted by Gasteiger charge is 2.15. The fraction of sp³-hybridized carbons (Fsp3) is 0.333. The number of rotatable bonds is 7. The van der Waals surface area contributed by atoms with E-state index < -0.39 is 0 Å². The summed E-state index contributed by atoms with van der Waals surface area (Å²) in [5, 5.41) is 6.71. The van der Waals surface area contributed by atoms with Gasteiger partial charge >= 0.3 is 0 Å². The van der Waals surface area contributed by atoms with Crippen molar-refractivity contribution in [2.75, 3.05) is 25.0 Å². The molecule has 0 aliphatic heterocycles.